The van der Waals surface area contributed by atoms with E-state index in [1.165, 1.54) is 29.6 Å². The van der Waals surface area contributed by atoms with Crippen LogP contribution in [0, 0.1) is 10.1 Å². The second-order valence-corrected chi connectivity index (χ2v) is 4.19. The SMILES string of the molecule is O=C(O)c1cc(Oc2ccccc2[N+](=O)[O-])cs1. The van der Waals surface area contributed by atoms with Crippen LogP contribution in [0.25, 0.3) is 0 Å². The van der Waals surface area contributed by atoms with Crippen LogP contribution in [-0.4, -0.2) is 16.0 Å². The quantitative estimate of drug-likeness (QED) is 0.677. The molecule has 18 heavy (non-hydrogen) atoms. The van der Waals surface area contributed by atoms with Gasteiger partial charge in [-0.05, 0) is 6.07 Å². The van der Waals surface area contributed by atoms with Crippen molar-refractivity contribution in [3.05, 3.63) is 50.7 Å². The third kappa shape index (κ3) is 2.46. The summed E-state index contributed by atoms with van der Waals surface area (Å²) in [7, 11) is 0. The third-order valence-corrected chi connectivity index (χ3v) is 2.97. The predicted octanol–water partition coefficient (Wildman–Crippen LogP) is 3.15. The summed E-state index contributed by atoms with van der Waals surface area (Å²) in [5.74, 6) is -0.707. The Labute approximate surface area is 105 Å². The molecule has 0 saturated heterocycles. The molecule has 1 aromatic carbocycles. The minimum atomic E-state index is -1.06. The monoisotopic (exact) mass is 265 g/mol. The third-order valence-electron chi connectivity index (χ3n) is 2.08. The molecule has 0 unspecified atom stereocenters. The lowest BCUT2D eigenvalue weighted by atomic mass is 10.3. The van der Waals surface area contributed by atoms with Crippen molar-refractivity contribution in [1.82, 2.24) is 0 Å². The molecule has 0 amide bonds. The Kier molecular flexibility index (Phi) is 3.24. The van der Waals surface area contributed by atoms with Crippen LogP contribution < -0.4 is 4.74 Å². The molecule has 1 heterocycles. The second-order valence-electron chi connectivity index (χ2n) is 3.28. The van der Waals surface area contributed by atoms with Crippen molar-refractivity contribution in [3.63, 3.8) is 0 Å². The first-order valence-corrected chi connectivity index (χ1v) is 5.69. The van der Waals surface area contributed by atoms with Crippen molar-refractivity contribution in [1.29, 1.82) is 0 Å². The molecule has 92 valence electrons. The maximum atomic E-state index is 10.8. The topological polar surface area (TPSA) is 89.7 Å². The number of aromatic carboxylic acids is 1. The lowest BCUT2D eigenvalue weighted by Crippen LogP contribution is -1.93. The number of hydrogen-bond donors (Lipinski definition) is 1. The summed E-state index contributed by atoms with van der Waals surface area (Å²) >= 11 is 0.997. The molecule has 0 radical (unpaired) electrons. The normalized spacial score (nSPS) is 10.0. The fourth-order valence-electron chi connectivity index (χ4n) is 1.31. The summed E-state index contributed by atoms with van der Waals surface area (Å²) in [5, 5.41) is 21.0. The van der Waals surface area contributed by atoms with Crippen molar-refractivity contribution in [2.24, 2.45) is 0 Å². The van der Waals surface area contributed by atoms with Crippen LogP contribution in [0.3, 0.4) is 0 Å². The molecule has 2 rings (SSSR count). The molecular formula is C11H7NO5S. The second kappa shape index (κ2) is 4.84. The number of nitrogens with zero attached hydrogens (tertiary/aromatic N) is 1. The van der Waals surface area contributed by atoms with E-state index in [1.54, 1.807) is 6.07 Å². The summed E-state index contributed by atoms with van der Waals surface area (Å²) in [6.07, 6.45) is 0. The molecule has 7 heteroatoms. The molecule has 0 atom stereocenters. The van der Waals surface area contributed by atoms with E-state index in [9.17, 15) is 14.9 Å². The number of nitro groups is 1. The first-order valence-electron chi connectivity index (χ1n) is 4.81. The van der Waals surface area contributed by atoms with Crippen molar-refractivity contribution in [2.45, 2.75) is 0 Å². The van der Waals surface area contributed by atoms with Crippen molar-refractivity contribution in [3.8, 4) is 11.5 Å². The molecule has 1 aromatic heterocycles. The zero-order chi connectivity index (χ0) is 13.1. The molecule has 0 bridgehead atoms. The van der Waals surface area contributed by atoms with Crippen LogP contribution in [-0.2, 0) is 0 Å². The zero-order valence-electron chi connectivity index (χ0n) is 8.90. The van der Waals surface area contributed by atoms with E-state index < -0.39 is 10.9 Å². The Bertz CT molecular complexity index is 607. The summed E-state index contributed by atoms with van der Waals surface area (Å²) < 4.78 is 5.31. The highest BCUT2D eigenvalue weighted by Gasteiger charge is 2.16. The van der Waals surface area contributed by atoms with E-state index in [-0.39, 0.29) is 22.1 Å². The number of hydrogen-bond acceptors (Lipinski definition) is 5. The summed E-state index contributed by atoms with van der Waals surface area (Å²) in [4.78, 5) is 21.0. The zero-order valence-corrected chi connectivity index (χ0v) is 9.72. The Morgan fingerprint density at radius 2 is 2.11 bits per heavy atom. The highest BCUT2D eigenvalue weighted by atomic mass is 32.1. The summed E-state index contributed by atoms with van der Waals surface area (Å²) in [5.41, 5.74) is -0.166. The number of carbonyl (C=O) groups is 1. The van der Waals surface area contributed by atoms with E-state index in [1.807, 2.05) is 0 Å². The number of rotatable bonds is 4. The standard InChI is InChI=1S/C11H7NO5S/c13-11(14)10-5-7(6-18-10)17-9-4-2-1-3-8(9)12(15)16/h1-6H,(H,13,14). The molecular weight excluding hydrogens is 258 g/mol. The minimum Gasteiger partial charge on any atom is -0.477 e. The molecule has 0 aliphatic rings. The number of thiophene rings is 1. The Balaban J connectivity index is 2.28. The minimum absolute atomic E-state index is 0.0808. The van der Waals surface area contributed by atoms with Gasteiger partial charge >= 0.3 is 11.7 Å². The fourth-order valence-corrected chi connectivity index (χ4v) is 1.95. The maximum Gasteiger partial charge on any atom is 0.346 e. The van der Waals surface area contributed by atoms with Crippen LogP contribution >= 0.6 is 11.3 Å². The molecule has 0 fully saturated rings. The van der Waals surface area contributed by atoms with Gasteiger partial charge < -0.3 is 9.84 Å². The number of ether oxygens (including phenoxy) is 1. The van der Waals surface area contributed by atoms with Crippen molar-refractivity contribution in [2.75, 3.05) is 0 Å². The van der Waals surface area contributed by atoms with Gasteiger partial charge in [0.1, 0.15) is 10.6 Å². The molecule has 0 saturated carbocycles. The van der Waals surface area contributed by atoms with Crippen LogP contribution in [0.4, 0.5) is 5.69 Å². The average Bonchev–Trinajstić information content (AvgIpc) is 2.78. The van der Waals surface area contributed by atoms with Gasteiger partial charge in [-0.1, -0.05) is 12.1 Å². The van der Waals surface area contributed by atoms with Gasteiger partial charge in [0.25, 0.3) is 0 Å². The Hall–Kier alpha value is -2.41. The Morgan fingerprint density at radius 3 is 2.72 bits per heavy atom. The Morgan fingerprint density at radius 1 is 1.39 bits per heavy atom. The molecule has 0 spiro atoms. The number of nitro benzene ring substituents is 1. The lowest BCUT2D eigenvalue weighted by Gasteiger charge is -2.03. The van der Waals surface area contributed by atoms with Crippen LogP contribution in [0.5, 0.6) is 11.5 Å². The highest BCUT2D eigenvalue weighted by Crippen LogP contribution is 2.32. The van der Waals surface area contributed by atoms with Gasteiger partial charge in [-0.3, -0.25) is 10.1 Å². The van der Waals surface area contributed by atoms with Crippen molar-refractivity contribution < 1.29 is 19.6 Å². The van der Waals surface area contributed by atoms with Gasteiger partial charge in [0.05, 0.1) is 4.92 Å². The number of carboxylic acid groups (broad SMARTS) is 1. The van der Waals surface area contributed by atoms with Gasteiger partial charge in [0.15, 0.2) is 0 Å². The van der Waals surface area contributed by atoms with E-state index in [0.29, 0.717) is 0 Å². The van der Waals surface area contributed by atoms with E-state index >= 15 is 0 Å². The lowest BCUT2D eigenvalue weighted by molar-refractivity contribution is -0.385. The molecule has 2 aromatic rings. The number of para-hydroxylation sites is 2. The summed E-state index contributed by atoms with van der Waals surface area (Å²) in [6.45, 7) is 0. The largest absolute Gasteiger partial charge is 0.477 e. The average molecular weight is 265 g/mol. The van der Waals surface area contributed by atoms with Crippen LogP contribution in [0.15, 0.2) is 35.7 Å². The maximum absolute atomic E-state index is 10.8. The van der Waals surface area contributed by atoms with E-state index in [4.69, 9.17) is 9.84 Å². The van der Waals surface area contributed by atoms with Gasteiger partial charge in [0.2, 0.25) is 5.75 Å². The molecule has 6 nitrogen and oxygen atoms in total. The van der Waals surface area contributed by atoms with Gasteiger partial charge in [-0.2, -0.15) is 0 Å². The smallest absolute Gasteiger partial charge is 0.346 e. The first-order chi connectivity index (χ1) is 8.58. The molecule has 0 aliphatic carbocycles. The highest BCUT2D eigenvalue weighted by molar-refractivity contribution is 7.12. The van der Waals surface area contributed by atoms with Gasteiger partial charge in [-0.15, -0.1) is 11.3 Å². The molecule has 1 N–H and O–H groups in total. The van der Waals surface area contributed by atoms with E-state index in [2.05, 4.69) is 0 Å². The number of carboxylic acids is 1. The first kappa shape index (κ1) is 12.1. The van der Waals surface area contributed by atoms with Crippen LogP contribution in [0.1, 0.15) is 9.67 Å². The fraction of sp³-hybridized carbons (Fsp3) is 0. The van der Waals surface area contributed by atoms with E-state index in [0.717, 1.165) is 11.3 Å². The predicted molar refractivity (Wildman–Crippen MR) is 64.4 cm³/mol. The number of benzene rings is 1. The van der Waals surface area contributed by atoms with Crippen molar-refractivity contribution >= 4 is 23.0 Å². The molecule has 0 aliphatic heterocycles. The van der Waals surface area contributed by atoms with Crippen LogP contribution in [0.2, 0.25) is 0 Å². The van der Waals surface area contributed by atoms with Gasteiger partial charge in [-0.25, -0.2) is 4.79 Å². The van der Waals surface area contributed by atoms with Gasteiger partial charge in [0, 0.05) is 17.5 Å². The summed E-state index contributed by atoms with van der Waals surface area (Å²) in [6, 6.07) is 7.23.